The van der Waals surface area contributed by atoms with Crippen LogP contribution in [0.2, 0.25) is 0 Å². The fraction of sp³-hybridized carbons (Fsp3) is 0.929. The highest BCUT2D eigenvalue weighted by Crippen LogP contribution is 2.23. The molecule has 0 aromatic carbocycles. The van der Waals surface area contributed by atoms with Gasteiger partial charge in [0.05, 0.1) is 13.2 Å². The van der Waals surface area contributed by atoms with Gasteiger partial charge in [-0.3, -0.25) is 9.59 Å². The van der Waals surface area contributed by atoms with Gasteiger partial charge in [0.2, 0.25) is 11.8 Å². The molecule has 6 atom stereocenters. The Balaban J connectivity index is 2.21. The van der Waals surface area contributed by atoms with Crippen molar-refractivity contribution < 1.29 is 39.5 Å². The van der Waals surface area contributed by atoms with E-state index in [4.69, 9.17) is 9.47 Å². The van der Waals surface area contributed by atoms with Crippen molar-refractivity contribution in [1.82, 2.24) is 10.6 Å². The number of aliphatic hydroxyl groups excluding tert-OH is 3. The molecule has 0 aromatic rings. The summed E-state index contributed by atoms with van der Waals surface area (Å²) in [5.74, 6) is -0.606. The lowest BCUT2D eigenvalue weighted by Gasteiger charge is -2.42. The van der Waals surface area contributed by atoms with Gasteiger partial charge < -0.3 is 40.5 Å². The van der Waals surface area contributed by atoms with Crippen molar-refractivity contribution in [2.45, 2.75) is 147 Å². The fourth-order valence-corrected chi connectivity index (χ4v) is 4.61. The predicted molar refractivity (Wildman–Crippen MR) is 145 cm³/mol. The second-order valence-electron chi connectivity index (χ2n) is 11.0. The van der Waals surface area contributed by atoms with Crippen LogP contribution in [0.15, 0.2) is 0 Å². The van der Waals surface area contributed by atoms with Crippen LogP contribution in [0.3, 0.4) is 0 Å². The topological polar surface area (TPSA) is 158 Å². The molecule has 224 valence electrons. The molecule has 0 unspecified atom stereocenters. The predicted octanol–water partition coefficient (Wildman–Crippen LogP) is 2.30. The highest BCUT2D eigenvalue weighted by Gasteiger charge is 2.45. The molecular weight excluding hydrogens is 492 g/mol. The van der Waals surface area contributed by atoms with Gasteiger partial charge in [0, 0.05) is 19.9 Å². The second kappa shape index (κ2) is 19.7. The maximum atomic E-state index is 12.2. The van der Waals surface area contributed by atoms with Crippen LogP contribution in [0.5, 0.6) is 0 Å². The highest BCUT2D eigenvalue weighted by molar-refractivity contribution is 5.75. The van der Waals surface area contributed by atoms with E-state index in [-0.39, 0.29) is 19.1 Å². The van der Waals surface area contributed by atoms with E-state index >= 15 is 0 Å². The Morgan fingerprint density at radius 3 is 1.92 bits per heavy atom. The maximum absolute atomic E-state index is 12.2. The van der Waals surface area contributed by atoms with Gasteiger partial charge >= 0.3 is 0 Å². The first kappa shape index (κ1) is 34.7. The van der Waals surface area contributed by atoms with Gasteiger partial charge in [-0.25, -0.2) is 0 Å². The largest absolute Gasteiger partial charge is 0.394 e. The molecule has 0 bridgehead atoms. The summed E-state index contributed by atoms with van der Waals surface area (Å²) in [5, 5.41) is 45.6. The van der Waals surface area contributed by atoms with Gasteiger partial charge in [0.15, 0.2) is 6.29 Å². The summed E-state index contributed by atoms with van der Waals surface area (Å²) in [4.78, 5) is 23.7. The van der Waals surface area contributed by atoms with E-state index in [1.807, 2.05) is 0 Å². The maximum Gasteiger partial charge on any atom is 0.220 e. The van der Waals surface area contributed by atoms with Crippen molar-refractivity contribution in [2.24, 2.45) is 0 Å². The van der Waals surface area contributed by atoms with E-state index in [9.17, 15) is 30.0 Å². The van der Waals surface area contributed by atoms with E-state index < -0.39 is 48.8 Å². The van der Waals surface area contributed by atoms with Crippen LogP contribution in [0.25, 0.3) is 0 Å². The first-order valence-electron chi connectivity index (χ1n) is 14.6. The first-order chi connectivity index (χ1) is 18.1. The number of hydrogen-bond donors (Lipinski definition) is 6. The van der Waals surface area contributed by atoms with Crippen LogP contribution in [-0.4, -0.2) is 88.2 Å². The molecule has 38 heavy (non-hydrogen) atoms. The van der Waals surface area contributed by atoms with E-state index in [2.05, 4.69) is 17.6 Å². The van der Waals surface area contributed by atoms with Gasteiger partial charge in [-0.15, -0.1) is 0 Å². The standard InChI is InChI=1S/C28H54N2O8/c1-4-5-6-7-8-9-10-11-12-13-14-15-16-17-23(33)29-19-28(3,36)20-37-27-24(30-21(2)32)26(35)25(34)22(18-31)38-27/h22,24-27,31,34-36H,4-20H2,1-3H3,(H,29,33)(H,30,32)/t22-,24-,25-,26-,27-,28-/m1/s1. The number of aliphatic hydroxyl groups is 4. The van der Waals surface area contributed by atoms with Gasteiger partial charge in [0.25, 0.3) is 0 Å². The van der Waals surface area contributed by atoms with Gasteiger partial charge in [-0.2, -0.15) is 0 Å². The number of nitrogens with one attached hydrogen (secondary N) is 2. The number of amides is 2. The Hall–Kier alpha value is -1.30. The zero-order chi connectivity index (χ0) is 28.4. The molecular formula is C28H54N2O8. The summed E-state index contributed by atoms with van der Waals surface area (Å²) in [5.41, 5.74) is -1.44. The van der Waals surface area contributed by atoms with Crippen molar-refractivity contribution in [2.75, 3.05) is 19.8 Å². The van der Waals surface area contributed by atoms with Gasteiger partial charge in [-0.1, -0.05) is 84.0 Å². The Labute approximate surface area is 228 Å². The minimum absolute atomic E-state index is 0.0452. The van der Waals surface area contributed by atoms with E-state index in [0.29, 0.717) is 6.42 Å². The van der Waals surface area contributed by atoms with E-state index in [1.165, 1.54) is 78.1 Å². The lowest BCUT2D eigenvalue weighted by molar-refractivity contribution is -0.278. The normalized spacial score (nSPS) is 25.1. The molecule has 1 aliphatic rings. The Morgan fingerprint density at radius 1 is 0.895 bits per heavy atom. The summed E-state index contributed by atoms with van der Waals surface area (Å²) in [6, 6.07) is -1.09. The van der Waals surface area contributed by atoms with Crippen LogP contribution >= 0.6 is 0 Å². The number of ether oxygens (including phenoxy) is 2. The van der Waals surface area contributed by atoms with Crippen LogP contribution in [-0.2, 0) is 19.1 Å². The number of unbranched alkanes of at least 4 members (excludes halogenated alkanes) is 12. The zero-order valence-electron chi connectivity index (χ0n) is 23.8. The third kappa shape index (κ3) is 14.7. The molecule has 1 heterocycles. The molecule has 2 amide bonds. The summed E-state index contributed by atoms with van der Waals surface area (Å²) >= 11 is 0. The number of hydrogen-bond acceptors (Lipinski definition) is 8. The van der Waals surface area contributed by atoms with Crippen LogP contribution in [0.4, 0.5) is 0 Å². The molecule has 0 radical (unpaired) electrons. The number of carbonyl (C=O) groups excluding carboxylic acids is 2. The molecule has 1 fully saturated rings. The first-order valence-corrected chi connectivity index (χ1v) is 14.6. The monoisotopic (exact) mass is 546 g/mol. The Kier molecular flexibility index (Phi) is 18.0. The SMILES string of the molecule is CCCCCCCCCCCCCCCC(=O)NC[C@@](C)(O)CO[C@@H]1O[C@H](CO)[C@@H](O)[C@H](O)[C@H]1NC(C)=O. The Bertz CT molecular complexity index is 648. The van der Waals surface area contributed by atoms with Crippen LogP contribution in [0, 0.1) is 0 Å². The van der Waals surface area contributed by atoms with Crippen molar-refractivity contribution >= 4 is 11.8 Å². The molecule has 10 nitrogen and oxygen atoms in total. The lowest BCUT2D eigenvalue weighted by atomic mass is 9.97. The van der Waals surface area contributed by atoms with Crippen molar-refractivity contribution in [3.05, 3.63) is 0 Å². The minimum Gasteiger partial charge on any atom is -0.394 e. The number of carbonyl (C=O) groups is 2. The Morgan fingerprint density at radius 2 is 1.42 bits per heavy atom. The van der Waals surface area contributed by atoms with Crippen LogP contribution < -0.4 is 10.6 Å². The smallest absolute Gasteiger partial charge is 0.220 e. The molecule has 6 N–H and O–H groups in total. The molecule has 1 rings (SSSR count). The lowest BCUT2D eigenvalue weighted by Crippen LogP contribution is -2.65. The average Bonchev–Trinajstić information content (AvgIpc) is 2.87. The van der Waals surface area contributed by atoms with Crippen molar-refractivity contribution in [3.63, 3.8) is 0 Å². The molecule has 10 heteroatoms. The average molecular weight is 547 g/mol. The fourth-order valence-electron chi connectivity index (χ4n) is 4.61. The molecule has 1 saturated heterocycles. The molecule has 0 aliphatic carbocycles. The molecule has 0 spiro atoms. The third-order valence-electron chi connectivity index (χ3n) is 6.98. The van der Waals surface area contributed by atoms with Gasteiger partial charge in [0.1, 0.15) is 30.0 Å². The molecule has 0 saturated carbocycles. The van der Waals surface area contributed by atoms with Crippen LogP contribution in [0.1, 0.15) is 111 Å². The van der Waals surface area contributed by atoms with E-state index in [1.54, 1.807) is 0 Å². The van der Waals surface area contributed by atoms with Crippen molar-refractivity contribution in [1.29, 1.82) is 0 Å². The summed E-state index contributed by atoms with van der Waals surface area (Å²) < 4.78 is 11.1. The molecule has 1 aliphatic heterocycles. The minimum atomic E-state index is -1.44. The summed E-state index contributed by atoms with van der Waals surface area (Å²) in [6.07, 6.45) is 11.3. The summed E-state index contributed by atoms with van der Waals surface area (Å²) in [6.45, 7) is 4.10. The third-order valence-corrected chi connectivity index (χ3v) is 6.98. The van der Waals surface area contributed by atoms with Crippen molar-refractivity contribution in [3.8, 4) is 0 Å². The summed E-state index contributed by atoms with van der Waals surface area (Å²) in [7, 11) is 0. The van der Waals surface area contributed by atoms with Gasteiger partial charge in [-0.05, 0) is 13.3 Å². The molecule has 0 aromatic heterocycles. The quantitative estimate of drug-likeness (QED) is 0.120. The van der Waals surface area contributed by atoms with E-state index in [0.717, 1.165) is 19.3 Å². The zero-order valence-corrected chi connectivity index (χ0v) is 23.8. The highest BCUT2D eigenvalue weighted by atomic mass is 16.7. The second-order valence-corrected chi connectivity index (χ2v) is 11.0. The number of rotatable bonds is 21.